The predicted molar refractivity (Wildman–Crippen MR) is 115 cm³/mol. The summed E-state index contributed by atoms with van der Waals surface area (Å²) < 4.78 is 6.83. The Bertz CT molecular complexity index is 1040. The fourth-order valence-corrected chi connectivity index (χ4v) is 4.60. The van der Waals surface area contributed by atoms with E-state index in [0.717, 1.165) is 46.3 Å². The van der Waals surface area contributed by atoms with Crippen molar-refractivity contribution in [2.75, 3.05) is 13.2 Å². The standard InChI is InChI=1S/C22H19BrClN3O2/c23-15-7-3-14(4-8-15)21-18-19(13-5-9-16(24)10-6-13)25-26-20(18)22(28)27(21)12-17-2-1-11-29-17/h3-10,17,21H,1-2,11-12H2,(H,25,26). The van der Waals surface area contributed by atoms with Crippen molar-refractivity contribution in [3.05, 3.63) is 74.8 Å². The van der Waals surface area contributed by atoms with Gasteiger partial charge in [0, 0.05) is 33.8 Å². The number of H-pyrrole nitrogens is 1. The smallest absolute Gasteiger partial charge is 0.273 e. The number of ether oxygens (including phenoxy) is 1. The molecule has 5 rings (SSSR count). The molecule has 5 nitrogen and oxygen atoms in total. The molecule has 1 aromatic heterocycles. The molecule has 0 aliphatic carbocycles. The van der Waals surface area contributed by atoms with Gasteiger partial charge in [-0.25, -0.2) is 0 Å². The number of rotatable bonds is 4. The molecule has 0 saturated carbocycles. The van der Waals surface area contributed by atoms with E-state index < -0.39 is 0 Å². The minimum absolute atomic E-state index is 0.0314. The van der Waals surface area contributed by atoms with Gasteiger partial charge in [-0.1, -0.05) is 51.8 Å². The Morgan fingerprint density at radius 3 is 2.62 bits per heavy atom. The number of nitrogens with one attached hydrogen (secondary N) is 1. The first-order chi connectivity index (χ1) is 14.1. The Labute approximate surface area is 182 Å². The largest absolute Gasteiger partial charge is 0.376 e. The van der Waals surface area contributed by atoms with Crippen LogP contribution in [0, 0.1) is 0 Å². The minimum atomic E-state index is -0.209. The molecule has 148 valence electrons. The number of carbonyl (C=O) groups excluding carboxylic acids is 1. The molecule has 29 heavy (non-hydrogen) atoms. The van der Waals surface area contributed by atoms with Crippen molar-refractivity contribution in [2.45, 2.75) is 25.0 Å². The van der Waals surface area contributed by atoms with Crippen LogP contribution in [0.4, 0.5) is 0 Å². The summed E-state index contributed by atoms with van der Waals surface area (Å²) in [5.74, 6) is -0.0314. The third-order valence-corrected chi connectivity index (χ3v) is 6.37. The summed E-state index contributed by atoms with van der Waals surface area (Å²) in [6.07, 6.45) is 2.10. The lowest BCUT2D eigenvalue weighted by molar-refractivity contribution is 0.0495. The molecule has 3 aromatic rings. The number of nitrogens with zero attached hydrogens (tertiary/aromatic N) is 2. The van der Waals surface area contributed by atoms with Crippen LogP contribution < -0.4 is 0 Å². The molecule has 1 N–H and O–H groups in total. The number of hydrogen-bond acceptors (Lipinski definition) is 3. The van der Waals surface area contributed by atoms with Crippen LogP contribution in [0.1, 0.15) is 40.5 Å². The van der Waals surface area contributed by atoms with Crippen LogP contribution in [0.2, 0.25) is 5.02 Å². The minimum Gasteiger partial charge on any atom is -0.376 e. The molecule has 0 radical (unpaired) electrons. The summed E-state index contributed by atoms with van der Waals surface area (Å²) in [6.45, 7) is 1.33. The monoisotopic (exact) mass is 471 g/mol. The van der Waals surface area contributed by atoms with Crippen LogP contribution in [0.15, 0.2) is 53.0 Å². The van der Waals surface area contributed by atoms with Gasteiger partial charge >= 0.3 is 0 Å². The van der Waals surface area contributed by atoms with Gasteiger partial charge in [0.05, 0.1) is 17.8 Å². The van der Waals surface area contributed by atoms with E-state index in [1.54, 1.807) is 0 Å². The van der Waals surface area contributed by atoms with Crippen LogP contribution in [0.25, 0.3) is 11.3 Å². The van der Waals surface area contributed by atoms with Crippen molar-refractivity contribution in [3.8, 4) is 11.3 Å². The van der Waals surface area contributed by atoms with Crippen molar-refractivity contribution in [1.82, 2.24) is 15.1 Å². The van der Waals surface area contributed by atoms with Gasteiger partial charge < -0.3 is 9.64 Å². The lowest BCUT2D eigenvalue weighted by Crippen LogP contribution is -2.36. The number of amides is 1. The van der Waals surface area contributed by atoms with Crippen LogP contribution in [-0.4, -0.2) is 40.3 Å². The SMILES string of the molecule is O=C1c2[nH]nc(-c3ccc(Cl)cc3)c2C(c2ccc(Br)cc2)N1CC1CCCO1. The number of halogens is 2. The molecule has 2 unspecified atom stereocenters. The van der Waals surface area contributed by atoms with Gasteiger partial charge in [-0.3, -0.25) is 9.89 Å². The summed E-state index contributed by atoms with van der Waals surface area (Å²) in [7, 11) is 0. The van der Waals surface area contributed by atoms with Gasteiger partial charge in [0.15, 0.2) is 0 Å². The summed E-state index contributed by atoms with van der Waals surface area (Å²) >= 11 is 9.56. The zero-order valence-electron chi connectivity index (χ0n) is 15.6. The Hall–Kier alpha value is -2.15. The van der Waals surface area contributed by atoms with Crippen molar-refractivity contribution in [2.24, 2.45) is 0 Å². The molecule has 7 heteroatoms. The molecule has 0 spiro atoms. The van der Waals surface area contributed by atoms with E-state index in [9.17, 15) is 4.79 Å². The molecule has 2 atom stereocenters. The lowest BCUT2D eigenvalue weighted by Gasteiger charge is -2.28. The first-order valence-corrected chi connectivity index (χ1v) is 10.8. The highest BCUT2D eigenvalue weighted by atomic mass is 79.9. The maximum absolute atomic E-state index is 13.3. The van der Waals surface area contributed by atoms with E-state index in [4.69, 9.17) is 16.3 Å². The van der Waals surface area contributed by atoms with Gasteiger partial charge in [0.25, 0.3) is 5.91 Å². The molecule has 3 heterocycles. The third-order valence-electron chi connectivity index (χ3n) is 5.59. The number of fused-ring (bicyclic) bond motifs is 1. The average Bonchev–Trinajstić information content (AvgIpc) is 3.44. The van der Waals surface area contributed by atoms with E-state index >= 15 is 0 Å². The average molecular weight is 473 g/mol. The Morgan fingerprint density at radius 1 is 1.17 bits per heavy atom. The van der Waals surface area contributed by atoms with E-state index in [1.807, 2.05) is 41.3 Å². The summed E-state index contributed by atoms with van der Waals surface area (Å²) in [5.41, 5.74) is 4.24. The van der Waals surface area contributed by atoms with Crippen molar-refractivity contribution < 1.29 is 9.53 Å². The number of benzene rings is 2. The van der Waals surface area contributed by atoms with Crippen LogP contribution in [0.5, 0.6) is 0 Å². The highest BCUT2D eigenvalue weighted by molar-refractivity contribution is 9.10. The zero-order valence-corrected chi connectivity index (χ0v) is 17.9. The molecule has 1 saturated heterocycles. The lowest BCUT2D eigenvalue weighted by atomic mass is 9.96. The van der Waals surface area contributed by atoms with E-state index in [0.29, 0.717) is 17.3 Å². The van der Waals surface area contributed by atoms with Crippen LogP contribution in [-0.2, 0) is 4.74 Å². The molecule has 2 aliphatic rings. The topological polar surface area (TPSA) is 58.2 Å². The van der Waals surface area contributed by atoms with Crippen molar-refractivity contribution >= 4 is 33.4 Å². The molecule has 1 fully saturated rings. The second-order valence-corrected chi connectivity index (χ2v) is 8.77. The molecular weight excluding hydrogens is 454 g/mol. The number of aromatic nitrogens is 2. The van der Waals surface area contributed by atoms with Crippen LogP contribution >= 0.6 is 27.5 Å². The highest BCUT2D eigenvalue weighted by Gasteiger charge is 2.43. The van der Waals surface area contributed by atoms with Gasteiger partial charge in [0.1, 0.15) is 5.69 Å². The van der Waals surface area contributed by atoms with E-state index in [-0.39, 0.29) is 18.1 Å². The number of aromatic amines is 1. The molecular formula is C22H19BrClN3O2. The third kappa shape index (κ3) is 3.39. The fraction of sp³-hybridized carbons (Fsp3) is 0.273. The number of hydrogen-bond donors (Lipinski definition) is 1. The van der Waals surface area contributed by atoms with Crippen molar-refractivity contribution in [1.29, 1.82) is 0 Å². The molecule has 0 bridgehead atoms. The van der Waals surface area contributed by atoms with Gasteiger partial charge in [-0.2, -0.15) is 5.10 Å². The fourth-order valence-electron chi connectivity index (χ4n) is 4.21. The second-order valence-electron chi connectivity index (χ2n) is 7.41. The summed E-state index contributed by atoms with van der Waals surface area (Å²) in [6, 6.07) is 15.5. The maximum Gasteiger partial charge on any atom is 0.273 e. The summed E-state index contributed by atoms with van der Waals surface area (Å²) in [5, 5.41) is 8.15. The Kier molecular flexibility index (Phi) is 4.94. The Morgan fingerprint density at radius 2 is 1.93 bits per heavy atom. The Balaban J connectivity index is 1.61. The van der Waals surface area contributed by atoms with Gasteiger partial charge in [0.2, 0.25) is 0 Å². The molecule has 2 aliphatic heterocycles. The maximum atomic E-state index is 13.3. The summed E-state index contributed by atoms with van der Waals surface area (Å²) in [4.78, 5) is 15.2. The normalized spacial score (nSPS) is 21.0. The number of carbonyl (C=O) groups is 1. The van der Waals surface area contributed by atoms with Gasteiger partial charge in [-0.05, 0) is 42.7 Å². The molecule has 1 amide bonds. The first-order valence-electron chi connectivity index (χ1n) is 9.64. The highest BCUT2D eigenvalue weighted by Crippen LogP contribution is 2.43. The van der Waals surface area contributed by atoms with E-state index in [2.05, 4.69) is 38.3 Å². The van der Waals surface area contributed by atoms with E-state index in [1.165, 1.54) is 0 Å². The van der Waals surface area contributed by atoms with Gasteiger partial charge in [-0.15, -0.1) is 0 Å². The quantitative estimate of drug-likeness (QED) is 0.566. The molecule has 2 aromatic carbocycles. The second kappa shape index (κ2) is 7.59. The zero-order chi connectivity index (χ0) is 20.0. The van der Waals surface area contributed by atoms with Crippen molar-refractivity contribution in [3.63, 3.8) is 0 Å². The van der Waals surface area contributed by atoms with Crippen LogP contribution in [0.3, 0.4) is 0 Å². The first kappa shape index (κ1) is 18.9. The predicted octanol–water partition coefficient (Wildman–Crippen LogP) is 5.22.